The van der Waals surface area contributed by atoms with E-state index in [2.05, 4.69) is 5.32 Å². The number of hydrogen-bond acceptors (Lipinski definition) is 2. The molecule has 1 aromatic heterocycles. The zero-order valence-corrected chi connectivity index (χ0v) is 12.7. The summed E-state index contributed by atoms with van der Waals surface area (Å²) in [5.74, 6) is 0.463. The summed E-state index contributed by atoms with van der Waals surface area (Å²) in [6, 6.07) is 17.7. The van der Waals surface area contributed by atoms with Gasteiger partial charge in [-0.1, -0.05) is 30.3 Å². The highest BCUT2D eigenvalue weighted by atomic mass is 16.5. The first-order valence-corrected chi connectivity index (χ1v) is 7.29. The van der Waals surface area contributed by atoms with Gasteiger partial charge in [-0.3, -0.25) is 4.79 Å². The monoisotopic (exact) mass is 294 g/mol. The topological polar surface area (TPSA) is 43.3 Å². The zero-order chi connectivity index (χ0) is 15.5. The van der Waals surface area contributed by atoms with E-state index in [0.29, 0.717) is 18.0 Å². The maximum atomic E-state index is 12.6. The van der Waals surface area contributed by atoms with Crippen LogP contribution in [0.1, 0.15) is 17.4 Å². The van der Waals surface area contributed by atoms with E-state index in [4.69, 9.17) is 4.74 Å². The number of aromatic nitrogens is 1. The number of benzene rings is 2. The Labute approximate surface area is 129 Å². The average molecular weight is 294 g/mol. The number of rotatable bonds is 4. The van der Waals surface area contributed by atoms with E-state index in [-0.39, 0.29) is 5.91 Å². The van der Waals surface area contributed by atoms with Crippen LogP contribution in [-0.2, 0) is 0 Å². The molecule has 112 valence electrons. The third kappa shape index (κ3) is 2.22. The number of methoxy groups -OCH3 is 1. The van der Waals surface area contributed by atoms with Crippen molar-refractivity contribution in [1.29, 1.82) is 0 Å². The molecule has 0 aliphatic rings. The molecule has 4 heteroatoms. The largest absolute Gasteiger partial charge is 0.494 e. The van der Waals surface area contributed by atoms with E-state index < -0.39 is 0 Å². The summed E-state index contributed by atoms with van der Waals surface area (Å²) in [5, 5.41) is 3.79. The summed E-state index contributed by atoms with van der Waals surface area (Å²) >= 11 is 0. The predicted octanol–water partition coefficient (Wildman–Crippen LogP) is 3.39. The van der Waals surface area contributed by atoms with Crippen LogP contribution in [0.5, 0.6) is 5.75 Å². The molecule has 0 radical (unpaired) electrons. The fourth-order valence-corrected chi connectivity index (χ4v) is 2.71. The van der Waals surface area contributed by atoms with Crippen LogP contribution in [0.15, 0.2) is 54.6 Å². The molecule has 0 spiro atoms. The smallest absolute Gasteiger partial charge is 0.272 e. The number of nitrogens with zero attached hydrogens (tertiary/aromatic N) is 1. The molecule has 0 aliphatic carbocycles. The lowest BCUT2D eigenvalue weighted by Crippen LogP contribution is -2.25. The van der Waals surface area contributed by atoms with E-state index in [9.17, 15) is 4.79 Å². The van der Waals surface area contributed by atoms with Gasteiger partial charge in [-0.25, -0.2) is 0 Å². The first-order valence-electron chi connectivity index (χ1n) is 7.29. The minimum Gasteiger partial charge on any atom is -0.494 e. The van der Waals surface area contributed by atoms with Crippen LogP contribution in [0.4, 0.5) is 0 Å². The van der Waals surface area contributed by atoms with Crippen molar-refractivity contribution in [3.05, 3.63) is 60.3 Å². The lowest BCUT2D eigenvalue weighted by molar-refractivity contribution is 0.0946. The number of carbonyl (C=O) groups is 1. The van der Waals surface area contributed by atoms with Gasteiger partial charge >= 0.3 is 0 Å². The Morgan fingerprint density at radius 3 is 2.45 bits per heavy atom. The van der Waals surface area contributed by atoms with Crippen LogP contribution in [0.3, 0.4) is 0 Å². The second-order valence-electron chi connectivity index (χ2n) is 4.93. The third-order valence-corrected chi connectivity index (χ3v) is 3.60. The quantitative estimate of drug-likeness (QED) is 0.801. The fraction of sp³-hybridized carbons (Fsp3) is 0.167. The molecule has 4 nitrogen and oxygen atoms in total. The van der Waals surface area contributed by atoms with E-state index >= 15 is 0 Å². The van der Waals surface area contributed by atoms with Gasteiger partial charge in [-0.15, -0.1) is 0 Å². The van der Waals surface area contributed by atoms with E-state index in [0.717, 1.165) is 16.6 Å². The van der Waals surface area contributed by atoms with Crippen molar-refractivity contribution < 1.29 is 9.53 Å². The van der Waals surface area contributed by atoms with Crippen molar-refractivity contribution in [2.45, 2.75) is 6.92 Å². The molecule has 1 N–H and O–H groups in total. The van der Waals surface area contributed by atoms with Gasteiger partial charge in [0.15, 0.2) is 11.4 Å². The molecule has 0 saturated heterocycles. The molecule has 1 heterocycles. The Kier molecular flexibility index (Phi) is 3.83. The molecule has 0 atom stereocenters. The molecular formula is C18H18N2O2. The van der Waals surface area contributed by atoms with Gasteiger partial charge in [-0.2, -0.15) is 0 Å². The van der Waals surface area contributed by atoms with E-state index in [1.165, 1.54) is 0 Å². The fourth-order valence-electron chi connectivity index (χ4n) is 2.71. The van der Waals surface area contributed by atoms with Crippen LogP contribution in [0, 0.1) is 0 Å². The van der Waals surface area contributed by atoms with Gasteiger partial charge < -0.3 is 14.6 Å². The maximum absolute atomic E-state index is 12.6. The number of carbonyl (C=O) groups excluding carboxylic acids is 1. The minimum absolute atomic E-state index is 0.139. The Bertz CT molecular complexity index is 807. The highest BCUT2D eigenvalue weighted by Gasteiger charge is 2.23. The lowest BCUT2D eigenvalue weighted by Gasteiger charge is -2.11. The molecule has 0 unspecified atom stereocenters. The summed E-state index contributed by atoms with van der Waals surface area (Å²) < 4.78 is 7.49. The maximum Gasteiger partial charge on any atom is 0.272 e. The first kappa shape index (κ1) is 14.2. The molecule has 3 aromatic rings. The van der Waals surface area contributed by atoms with Crippen molar-refractivity contribution in [2.24, 2.45) is 0 Å². The summed E-state index contributed by atoms with van der Waals surface area (Å²) in [6.45, 7) is 2.47. The minimum atomic E-state index is -0.139. The van der Waals surface area contributed by atoms with E-state index in [1.54, 1.807) is 7.11 Å². The highest BCUT2D eigenvalue weighted by Crippen LogP contribution is 2.35. The summed E-state index contributed by atoms with van der Waals surface area (Å²) in [6.07, 6.45) is 0. The van der Waals surface area contributed by atoms with Gasteiger partial charge in [0, 0.05) is 17.6 Å². The Morgan fingerprint density at radius 1 is 1.09 bits per heavy atom. The third-order valence-electron chi connectivity index (χ3n) is 3.60. The number of ether oxygens (including phenoxy) is 1. The molecular weight excluding hydrogens is 276 g/mol. The van der Waals surface area contributed by atoms with Gasteiger partial charge in [0.2, 0.25) is 0 Å². The zero-order valence-electron chi connectivity index (χ0n) is 12.7. The lowest BCUT2D eigenvalue weighted by atomic mass is 10.2. The number of fused-ring (bicyclic) bond motifs is 1. The van der Waals surface area contributed by atoms with Gasteiger partial charge in [0.1, 0.15) is 0 Å². The van der Waals surface area contributed by atoms with Crippen molar-refractivity contribution in [3.63, 3.8) is 0 Å². The predicted molar refractivity (Wildman–Crippen MR) is 87.8 cm³/mol. The van der Waals surface area contributed by atoms with E-state index in [1.807, 2.05) is 66.1 Å². The molecule has 0 saturated carbocycles. The molecule has 0 fully saturated rings. The van der Waals surface area contributed by atoms with Crippen molar-refractivity contribution in [1.82, 2.24) is 9.88 Å². The van der Waals surface area contributed by atoms with Crippen LogP contribution in [-0.4, -0.2) is 24.1 Å². The Balaban J connectivity index is 2.37. The van der Waals surface area contributed by atoms with Crippen molar-refractivity contribution in [3.8, 4) is 11.4 Å². The molecule has 0 bridgehead atoms. The second kappa shape index (κ2) is 5.93. The summed E-state index contributed by atoms with van der Waals surface area (Å²) in [5.41, 5.74) is 2.41. The van der Waals surface area contributed by atoms with Gasteiger partial charge in [-0.05, 0) is 31.2 Å². The highest BCUT2D eigenvalue weighted by molar-refractivity contribution is 6.05. The molecule has 0 aliphatic heterocycles. The molecule has 1 amide bonds. The normalized spacial score (nSPS) is 10.6. The SMILES string of the molecule is CCNC(=O)c1c(OC)c2ccccc2n1-c1ccccc1. The van der Waals surface area contributed by atoms with Gasteiger partial charge in [0.05, 0.1) is 12.6 Å². The Morgan fingerprint density at radius 2 is 1.77 bits per heavy atom. The number of amides is 1. The van der Waals surface area contributed by atoms with Gasteiger partial charge in [0.25, 0.3) is 5.91 Å². The number of para-hydroxylation sites is 2. The number of hydrogen-bond donors (Lipinski definition) is 1. The molecule has 3 rings (SSSR count). The van der Waals surface area contributed by atoms with Crippen LogP contribution >= 0.6 is 0 Å². The van der Waals surface area contributed by atoms with Crippen LogP contribution in [0.2, 0.25) is 0 Å². The molecule has 2 aromatic carbocycles. The second-order valence-corrected chi connectivity index (χ2v) is 4.93. The standard InChI is InChI=1S/C18H18N2O2/c1-3-19-18(21)16-17(22-2)14-11-7-8-12-15(14)20(16)13-9-5-4-6-10-13/h4-12H,3H2,1-2H3,(H,19,21). The summed E-state index contributed by atoms with van der Waals surface area (Å²) in [7, 11) is 1.60. The van der Waals surface area contributed by atoms with Crippen LogP contribution in [0.25, 0.3) is 16.6 Å². The first-order chi connectivity index (χ1) is 10.8. The number of nitrogens with one attached hydrogen (secondary N) is 1. The average Bonchev–Trinajstić information content (AvgIpc) is 2.90. The summed E-state index contributed by atoms with van der Waals surface area (Å²) in [4.78, 5) is 12.6. The van der Waals surface area contributed by atoms with Crippen molar-refractivity contribution in [2.75, 3.05) is 13.7 Å². The Hall–Kier alpha value is -2.75. The molecule has 22 heavy (non-hydrogen) atoms. The van der Waals surface area contributed by atoms with Crippen LogP contribution < -0.4 is 10.1 Å². The van der Waals surface area contributed by atoms with Crippen molar-refractivity contribution >= 4 is 16.8 Å².